The van der Waals surface area contributed by atoms with Crippen molar-refractivity contribution in [2.45, 2.75) is 40.7 Å². The molecule has 0 aromatic rings. The highest BCUT2D eigenvalue weighted by atomic mass is 32.2. The van der Waals surface area contributed by atoms with Gasteiger partial charge in [-0.1, -0.05) is 20.8 Å². The van der Waals surface area contributed by atoms with Crippen LogP contribution in [0.5, 0.6) is 0 Å². The van der Waals surface area contributed by atoms with E-state index in [0.717, 1.165) is 0 Å². The molecule has 0 aliphatic heterocycles. The molecule has 14 heavy (non-hydrogen) atoms. The molecule has 0 saturated heterocycles. The second-order valence-electron chi connectivity index (χ2n) is 4.46. The number of amides is 1. The second kappa shape index (κ2) is 4.27. The third kappa shape index (κ3) is 5.18. The highest BCUT2D eigenvalue weighted by molar-refractivity contribution is 7.88. The van der Waals surface area contributed by atoms with Gasteiger partial charge in [0.05, 0.1) is 0 Å². The topological polar surface area (TPSA) is 75.3 Å². The average Bonchev–Trinajstić information content (AvgIpc) is 1.79. The molecule has 84 valence electrons. The van der Waals surface area contributed by atoms with Gasteiger partial charge in [-0.2, -0.15) is 13.1 Å². The molecule has 0 bridgehead atoms. The Balaban J connectivity index is 4.47. The van der Waals surface area contributed by atoms with Crippen molar-refractivity contribution in [3.63, 3.8) is 0 Å². The Morgan fingerprint density at radius 2 is 1.64 bits per heavy atom. The molecule has 2 N–H and O–H groups in total. The van der Waals surface area contributed by atoms with Gasteiger partial charge in [-0.15, -0.1) is 0 Å². The van der Waals surface area contributed by atoms with Gasteiger partial charge in [0.1, 0.15) is 0 Å². The maximum absolute atomic E-state index is 11.3. The first-order valence-corrected chi connectivity index (χ1v) is 5.87. The Hall–Kier alpha value is -0.620. The van der Waals surface area contributed by atoms with Crippen LogP contribution < -0.4 is 9.44 Å². The highest BCUT2D eigenvalue weighted by Gasteiger charge is 2.25. The van der Waals surface area contributed by atoms with Crippen LogP contribution in [0.3, 0.4) is 0 Å². The van der Waals surface area contributed by atoms with Gasteiger partial charge in [0.15, 0.2) is 0 Å². The van der Waals surface area contributed by atoms with Crippen LogP contribution in [0.15, 0.2) is 0 Å². The third-order valence-electron chi connectivity index (χ3n) is 1.30. The van der Waals surface area contributed by atoms with Gasteiger partial charge in [-0.25, -0.2) is 4.72 Å². The van der Waals surface area contributed by atoms with Gasteiger partial charge in [-0.05, 0) is 13.8 Å². The third-order valence-corrected chi connectivity index (χ3v) is 2.53. The van der Waals surface area contributed by atoms with E-state index in [1.54, 1.807) is 34.6 Å². The summed E-state index contributed by atoms with van der Waals surface area (Å²) in [6, 6.07) is -0.236. The van der Waals surface area contributed by atoms with E-state index in [2.05, 4.69) is 4.72 Å². The Morgan fingerprint density at radius 1 is 1.21 bits per heavy atom. The van der Waals surface area contributed by atoms with Crippen LogP contribution in [-0.2, 0) is 15.0 Å². The molecule has 0 aliphatic carbocycles. The summed E-state index contributed by atoms with van der Waals surface area (Å²) in [6.45, 7) is 8.30. The number of carbonyl (C=O) groups excluding carboxylic acids is 1. The van der Waals surface area contributed by atoms with E-state index in [4.69, 9.17) is 0 Å². The minimum atomic E-state index is -3.71. The fourth-order valence-electron chi connectivity index (χ4n) is 0.615. The normalized spacial score (nSPS) is 13.0. The van der Waals surface area contributed by atoms with E-state index < -0.39 is 21.5 Å². The maximum Gasteiger partial charge on any atom is 0.301 e. The zero-order chi connectivity index (χ0) is 11.6. The summed E-state index contributed by atoms with van der Waals surface area (Å²) >= 11 is 0. The quantitative estimate of drug-likeness (QED) is 0.725. The molecule has 0 fully saturated rings. The van der Waals surface area contributed by atoms with Gasteiger partial charge in [0, 0.05) is 11.5 Å². The molecule has 0 spiro atoms. The maximum atomic E-state index is 11.3. The molecule has 6 heteroatoms. The summed E-state index contributed by atoms with van der Waals surface area (Å²) in [5.41, 5.74) is -0.717. The summed E-state index contributed by atoms with van der Waals surface area (Å²) in [6.07, 6.45) is 0. The van der Waals surface area contributed by atoms with E-state index in [-0.39, 0.29) is 6.04 Å². The van der Waals surface area contributed by atoms with E-state index >= 15 is 0 Å². The first-order chi connectivity index (χ1) is 6.04. The van der Waals surface area contributed by atoms with Crippen molar-refractivity contribution >= 4 is 16.1 Å². The predicted molar refractivity (Wildman–Crippen MR) is 54.8 cm³/mol. The van der Waals surface area contributed by atoms with Crippen LogP contribution in [0.25, 0.3) is 0 Å². The monoisotopic (exact) mass is 222 g/mol. The smallest absolute Gasteiger partial charge is 0.273 e. The molecule has 0 heterocycles. The summed E-state index contributed by atoms with van der Waals surface area (Å²) in [7, 11) is -3.71. The van der Waals surface area contributed by atoms with Crippen LogP contribution >= 0.6 is 0 Å². The van der Waals surface area contributed by atoms with Gasteiger partial charge in [-0.3, -0.25) is 4.79 Å². The minimum Gasteiger partial charge on any atom is -0.273 e. The Kier molecular flexibility index (Phi) is 4.08. The molecule has 0 saturated carbocycles. The Morgan fingerprint density at radius 3 is 1.93 bits per heavy atom. The molecular weight excluding hydrogens is 204 g/mol. The second-order valence-corrected chi connectivity index (χ2v) is 5.90. The zero-order valence-corrected chi connectivity index (χ0v) is 10.0. The zero-order valence-electron chi connectivity index (χ0n) is 9.21. The van der Waals surface area contributed by atoms with Gasteiger partial charge in [0.25, 0.3) is 0 Å². The van der Waals surface area contributed by atoms with E-state index in [1.807, 2.05) is 4.72 Å². The molecule has 0 aromatic carbocycles. The SMILES string of the molecule is CC(C)NS(=O)(=O)NC(=O)C(C)(C)C. The molecule has 0 atom stereocenters. The number of hydrogen-bond donors (Lipinski definition) is 2. The van der Waals surface area contributed by atoms with Gasteiger partial charge >= 0.3 is 10.2 Å². The number of carbonyl (C=O) groups is 1. The van der Waals surface area contributed by atoms with Crippen molar-refractivity contribution < 1.29 is 13.2 Å². The van der Waals surface area contributed by atoms with Crippen molar-refractivity contribution in [2.24, 2.45) is 5.41 Å². The van der Waals surface area contributed by atoms with Crippen molar-refractivity contribution in [3.8, 4) is 0 Å². The number of nitrogens with one attached hydrogen (secondary N) is 2. The van der Waals surface area contributed by atoms with Crippen molar-refractivity contribution in [3.05, 3.63) is 0 Å². The Bertz CT molecular complexity index is 301. The van der Waals surface area contributed by atoms with Crippen LogP contribution in [0, 0.1) is 5.41 Å². The van der Waals surface area contributed by atoms with Gasteiger partial charge in [0.2, 0.25) is 5.91 Å². The van der Waals surface area contributed by atoms with Crippen molar-refractivity contribution in [1.29, 1.82) is 0 Å². The first kappa shape index (κ1) is 13.4. The standard InChI is InChI=1S/C8H18N2O3S/c1-6(2)9-14(12,13)10-7(11)8(3,4)5/h6,9H,1-5H3,(H,10,11). The summed E-state index contributed by atoms with van der Waals surface area (Å²) in [4.78, 5) is 11.3. The summed E-state index contributed by atoms with van der Waals surface area (Å²) in [5, 5.41) is 0. The van der Waals surface area contributed by atoms with Crippen LogP contribution in [0.1, 0.15) is 34.6 Å². The fourth-order valence-corrected chi connectivity index (χ4v) is 1.84. The largest absolute Gasteiger partial charge is 0.301 e. The van der Waals surface area contributed by atoms with Crippen molar-refractivity contribution in [2.75, 3.05) is 0 Å². The lowest BCUT2D eigenvalue weighted by Gasteiger charge is -2.18. The predicted octanol–water partition coefficient (Wildman–Crippen LogP) is 0.391. The first-order valence-electron chi connectivity index (χ1n) is 4.39. The van der Waals surface area contributed by atoms with E-state index in [9.17, 15) is 13.2 Å². The highest BCUT2D eigenvalue weighted by Crippen LogP contribution is 2.12. The lowest BCUT2D eigenvalue weighted by atomic mass is 9.96. The van der Waals surface area contributed by atoms with Gasteiger partial charge < -0.3 is 0 Å². The van der Waals surface area contributed by atoms with E-state index in [1.165, 1.54) is 0 Å². The average molecular weight is 222 g/mol. The number of rotatable bonds is 3. The number of hydrogen-bond acceptors (Lipinski definition) is 3. The molecule has 5 nitrogen and oxygen atoms in total. The molecule has 0 aromatic heterocycles. The molecule has 0 rings (SSSR count). The molecular formula is C8H18N2O3S. The fraction of sp³-hybridized carbons (Fsp3) is 0.875. The van der Waals surface area contributed by atoms with Crippen molar-refractivity contribution in [1.82, 2.24) is 9.44 Å². The van der Waals surface area contributed by atoms with Crippen LogP contribution in [-0.4, -0.2) is 20.4 Å². The van der Waals surface area contributed by atoms with Crippen LogP contribution in [0.4, 0.5) is 0 Å². The van der Waals surface area contributed by atoms with Crippen LogP contribution in [0.2, 0.25) is 0 Å². The summed E-state index contributed by atoms with van der Waals surface area (Å²) < 4.78 is 26.7. The Labute approximate surface area is 85.5 Å². The summed E-state index contributed by atoms with van der Waals surface area (Å²) in [5.74, 6) is -0.523. The lowest BCUT2D eigenvalue weighted by Crippen LogP contribution is -2.46. The lowest BCUT2D eigenvalue weighted by molar-refractivity contribution is -0.126. The minimum absolute atomic E-state index is 0.236. The molecule has 0 radical (unpaired) electrons. The molecule has 0 aliphatic rings. The molecule has 1 amide bonds. The molecule has 0 unspecified atom stereocenters. The van der Waals surface area contributed by atoms with E-state index in [0.29, 0.717) is 0 Å².